The van der Waals surface area contributed by atoms with Gasteiger partial charge in [-0.1, -0.05) is 19.3 Å². The van der Waals surface area contributed by atoms with Crippen molar-refractivity contribution in [1.82, 2.24) is 4.72 Å². The monoisotopic (exact) mass is 316 g/mol. The van der Waals surface area contributed by atoms with Gasteiger partial charge in [-0.2, -0.15) is 0 Å². The van der Waals surface area contributed by atoms with E-state index in [2.05, 4.69) is 4.72 Å². The fraction of sp³-hybridized carbons (Fsp3) is 0.571. The van der Waals surface area contributed by atoms with Gasteiger partial charge in [-0.05, 0) is 37.5 Å². The standard InChI is InChI=1S/C14H21FN2O3S/c1-9-7-10(15)11(16)8-14(9)21(19,20)17-12-5-3-2-4-6-13(12)18/h7-8,12-13,17-18H,2-6,16H2,1H3. The minimum Gasteiger partial charge on any atom is -0.396 e. The van der Waals surface area contributed by atoms with E-state index in [0.717, 1.165) is 31.4 Å². The number of nitrogens with two attached hydrogens (primary N) is 1. The molecule has 1 aliphatic carbocycles. The van der Waals surface area contributed by atoms with Gasteiger partial charge in [-0.15, -0.1) is 0 Å². The Hall–Kier alpha value is -1.18. The van der Waals surface area contributed by atoms with E-state index in [0.29, 0.717) is 12.8 Å². The molecule has 0 spiro atoms. The third-order valence-electron chi connectivity index (χ3n) is 3.87. The highest BCUT2D eigenvalue weighted by Gasteiger charge is 2.28. The number of aliphatic hydroxyl groups is 1. The zero-order valence-electron chi connectivity index (χ0n) is 12.0. The molecule has 5 nitrogen and oxygen atoms in total. The first-order chi connectivity index (χ1) is 9.81. The second-order valence-electron chi connectivity index (χ2n) is 5.57. The van der Waals surface area contributed by atoms with Crippen LogP contribution in [0.5, 0.6) is 0 Å². The summed E-state index contributed by atoms with van der Waals surface area (Å²) in [4.78, 5) is -0.0437. The number of nitrogens with one attached hydrogen (secondary N) is 1. The molecule has 1 fully saturated rings. The highest BCUT2D eigenvalue weighted by Crippen LogP contribution is 2.24. The van der Waals surface area contributed by atoms with Gasteiger partial charge >= 0.3 is 0 Å². The van der Waals surface area contributed by atoms with E-state index in [9.17, 15) is 17.9 Å². The van der Waals surface area contributed by atoms with Gasteiger partial charge in [-0.3, -0.25) is 0 Å². The molecule has 0 heterocycles. The topological polar surface area (TPSA) is 92.4 Å². The Morgan fingerprint density at radius 1 is 1.29 bits per heavy atom. The highest BCUT2D eigenvalue weighted by molar-refractivity contribution is 7.89. The highest BCUT2D eigenvalue weighted by atomic mass is 32.2. The number of hydrogen-bond acceptors (Lipinski definition) is 4. The van der Waals surface area contributed by atoms with Crippen molar-refractivity contribution >= 4 is 15.7 Å². The lowest BCUT2D eigenvalue weighted by Crippen LogP contribution is -2.42. The summed E-state index contributed by atoms with van der Waals surface area (Å²) in [6.07, 6.45) is 3.22. The fourth-order valence-corrected chi connectivity index (χ4v) is 4.21. The Morgan fingerprint density at radius 3 is 2.67 bits per heavy atom. The first kappa shape index (κ1) is 16.2. The van der Waals surface area contributed by atoms with E-state index in [1.165, 1.54) is 6.92 Å². The predicted molar refractivity (Wildman–Crippen MR) is 78.8 cm³/mol. The molecule has 0 aliphatic heterocycles. The van der Waals surface area contributed by atoms with Crippen LogP contribution in [0.15, 0.2) is 17.0 Å². The van der Waals surface area contributed by atoms with Crippen LogP contribution < -0.4 is 10.5 Å². The maximum absolute atomic E-state index is 13.3. The number of nitrogen functional groups attached to an aromatic ring is 1. The van der Waals surface area contributed by atoms with Crippen LogP contribution in [-0.2, 0) is 10.0 Å². The Kier molecular flexibility index (Phi) is 4.85. The lowest BCUT2D eigenvalue weighted by molar-refractivity contribution is 0.130. The molecule has 1 aromatic carbocycles. The van der Waals surface area contributed by atoms with Crippen molar-refractivity contribution in [2.75, 3.05) is 5.73 Å². The summed E-state index contributed by atoms with van der Waals surface area (Å²) in [5, 5.41) is 10.0. The van der Waals surface area contributed by atoms with Gasteiger partial charge in [0.1, 0.15) is 5.82 Å². The minimum absolute atomic E-state index is 0.0437. The Morgan fingerprint density at radius 2 is 1.95 bits per heavy atom. The quantitative estimate of drug-likeness (QED) is 0.584. The van der Waals surface area contributed by atoms with Crippen molar-refractivity contribution in [3.63, 3.8) is 0 Å². The number of aliphatic hydroxyl groups excluding tert-OH is 1. The van der Waals surface area contributed by atoms with E-state index in [-0.39, 0.29) is 16.1 Å². The Labute approximate surface area is 124 Å². The van der Waals surface area contributed by atoms with Gasteiger partial charge in [0.05, 0.1) is 16.7 Å². The molecule has 7 heteroatoms. The van der Waals surface area contributed by atoms with Crippen molar-refractivity contribution in [1.29, 1.82) is 0 Å². The van der Waals surface area contributed by atoms with Crippen LogP contribution in [0.2, 0.25) is 0 Å². The van der Waals surface area contributed by atoms with E-state index in [1.54, 1.807) is 0 Å². The van der Waals surface area contributed by atoms with Crippen LogP contribution >= 0.6 is 0 Å². The summed E-state index contributed by atoms with van der Waals surface area (Å²) >= 11 is 0. The number of sulfonamides is 1. The number of halogens is 1. The van der Waals surface area contributed by atoms with Crippen molar-refractivity contribution < 1.29 is 17.9 Å². The van der Waals surface area contributed by atoms with Crippen molar-refractivity contribution in [3.05, 3.63) is 23.5 Å². The maximum atomic E-state index is 13.3. The van der Waals surface area contributed by atoms with Gasteiger partial charge in [0, 0.05) is 6.04 Å². The summed E-state index contributed by atoms with van der Waals surface area (Å²) < 4.78 is 40.8. The summed E-state index contributed by atoms with van der Waals surface area (Å²) in [5.74, 6) is -0.638. The van der Waals surface area contributed by atoms with Crippen LogP contribution in [0.1, 0.15) is 37.7 Å². The second-order valence-corrected chi connectivity index (χ2v) is 7.25. The summed E-state index contributed by atoms with van der Waals surface area (Å²) in [5.41, 5.74) is 5.54. The second kappa shape index (κ2) is 6.29. The number of aryl methyl sites for hydroxylation is 1. The van der Waals surface area contributed by atoms with Gasteiger partial charge in [0.15, 0.2) is 0 Å². The van der Waals surface area contributed by atoms with Crippen LogP contribution in [-0.4, -0.2) is 25.7 Å². The maximum Gasteiger partial charge on any atom is 0.241 e. The van der Waals surface area contributed by atoms with Crippen LogP contribution in [0.3, 0.4) is 0 Å². The number of rotatable bonds is 3. The Bertz CT molecular complexity index is 619. The zero-order chi connectivity index (χ0) is 15.6. The third-order valence-corrected chi connectivity index (χ3v) is 5.50. The molecule has 1 aromatic rings. The van der Waals surface area contributed by atoms with Gasteiger partial charge in [0.2, 0.25) is 10.0 Å². The van der Waals surface area contributed by atoms with E-state index in [4.69, 9.17) is 5.73 Å². The molecule has 0 bridgehead atoms. The summed E-state index contributed by atoms with van der Waals surface area (Å²) in [7, 11) is -3.84. The fourth-order valence-electron chi connectivity index (χ4n) is 2.65. The normalized spacial score (nSPS) is 23.8. The lowest BCUT2D eigenvalue weighted by atomic mass is 10.1. The smallest absolute Gasteiger partial charge is 0.241 e. The predicted octanol–water partition coefficient (Wildman–Crippen LogP) is 1.69. The molecule has 1 saturated carbocycles. The van der Waals surface area contributed by atoms with E-state index >= 15 is 0 Å². The number of hydrogen-bond donors (Lipinski definition) is 3. The van der Waals surface area contributed by atoms with Gasteiger partial charge < -0.3 is 10.8 Å². The third kappa shape index (κ3) is 3.72. The molecule has 2 unspecified atom stereocenters. The molecule has 2 rings (SSSR count). The molecular formula is C14H21FN2O3S. The molecule has 4 N–H and O–H groups in total. The Balaban J connectivity index is 2.27. The van der Waals surface area contributed by atoms with E-state index < -0.39 is 28.0 Å². The molecule has 0 saturated heterocycles. The molecular weight excluding hydrogens is 295 g/mol. The van der Waals surface area contributed by atoms with Crippen molar-refractivity contribution in [2.45, 2.75) is 56.1 Å². The van der Waals surface area contributed by atoms with Crippen LogP contribution in [0.4, 0.5) is 10.1 Å². The number of benzene rings is 1. The minimum atomic E-state index is -3.84. The molecule has 0 amide bonds. The largest absolute Gasteiger partial charge is 0.396 e. The molecule has 2 atom stereocenters. The summed E-state index contributed by atoms with van der Waals surface area (Å²) in [6.45, 7) is 1.51. The SMILES string of the molecule is Cc1cc(F)c(N)cc1S(=O)(=O)NC1CCCCCC1O. The molecule has 1 aliphatic rings. The molecule has 21 heavy (non-hydrogen) atoms. The zero-order valence-corrected chi connectivity index (χ0v) is 12.8. The van der Waals surface area contributed by atoms with Crippen LogP contribution in [0.25, 0.3) is 0 Å². The number of anilines is 1. The average molecular weight is 316 g/mol. The first-order valence-electron chi connectivity index (χ1n) is 7.07. The molecule has 0 radical (unpaired) electrons. The summed E-state index contributed by atoms with van der Waals surface area (Å²) in [6, 6.07) is 1.71. The van der Waals surface area contributed by atoms with Crippen molar-refractivity contribution in [2.24, 2.45) is 0 Å². The van der Waals surface area contributed by atoms with Crippen molar-refractivity contribution in [3.8, 4) is 0 Å². The van der Waals surface area contributed by atoms with E-state index in [1.807, 2.05) is 0 Å². The lowest BCUT2D eigenvalue weighted by Gasteiger charge is -2.22. The molecule has 0 aromatic heterocycles. The van der Waals surface area contributed by atoms with Gasteiger partial charge in [-0.25, -0.2) is 17.5 Å². The first-order valence-corrected chi connectivity index (χ1v) is 8.55. The molecule has 118 valence electrons. The van der Waals surface area contributed by atoms with Crippen LogP contribution in [0, 0.1) is 12.7 Å². The van der Waals surface area contributed by atoms with Gasteiger partial charge in [0.25, 0.3) is 0 Å². The average Bonchev–Trinajstić information content (AvgIpc) is 2.59.